The van der Waals surface area contributed by atoms with Crippen molar-refractivity contribution in [1.82, 2.24) is 4.90 Å². The number of fused-ring (bicyclic) bond motifs is 2. The standard InChI is InChI=1S/C15H18N2O/c16-10-13-3-1-2-4-15(13)18-8-7-17-11-12-5-6-14(17)9-12/h1-4,12,14H,5-9,11H2. The van der Waals surface area contributed by atoms with Crippen LogP contribution >= 0.6 is 0 Å². The van der Waals surface area contributed by atoms with Crippen molar-refractivity contribution in [3.63, 3.8) is 0 Å². The van der Waals surface area contributed by atoms with Gasteiger partial charge >= 0.3 is 0 Å². The SMILES string of the molecule is N#Cc1ccccc1OCCN1CC2CCC1C2. The highest BCUT2D eigenvalue weighted by molar-refractivity contribution is 5.42. The Morgan fingerprint density at radius 1 is 1.33 bits per heavy atom. The van der Waals surface area contributed by atoms with E-state index in [1.54, 1.807) is 6.07 Å². The molecule has 94 valence electrons. The molecule has 0 radical (unpaired) electrons. The summed E-state index contributed by atoms with van der Waals surface area (Å²) in [7, 11) is 0. The molecule has 2 unspecified atom stereocenters. The van der Waals surface area contributed by atoms with Crippen LogP contribution in [0.5, 0.6) is 5.75 Å². The first-order chi connectivity index (χ1) is 8.86. The molecule has 2 atom stereocenters. The molecule has 0 spiro atoms. The van der Waals surface area contributed by atoms with Gasteiger partial charge in [0, 0.05) is 19.1 Å². The number of para-hydroxylation sites is 1. The van der Waals surface area contributed by atoms with Crippen molar-refractivity contribution in [2.75, 3.05) is 19.7 Å². The molecule has 1 heterocycles. The molecule has 1 aliphatic carbocycles. The molecule has 0 aromatic heterocycles. The number of piperidine rings is 1. The van der Waals surface area contributed by atoms with Crippen LogP contribution in [-0.2, 0) is 0 Å². The Morgan fingerprint density at radius 2 is 2.22 bits per heavy atom. The Hall–Kier alpha value is -1.53. The lowest BCUT2D eigenvalue weighted by molar-refractivity contribution is 0.172. The van der Waals surface area contributed by atoms with Crippen LogP contribution in [0.25, 0.3) is 0 Å². The van der Waals surface area contributed by atoms with Crippen molar-refractivity contribution in [3.05, 3.63) is 29.8 Å². The van der Waals surface area contributed by atoms with Gasteiger partial charge in [-0.15, -0.1) is 0 Å². The van der Waals surface area contributed by atoms with Crippen LogP contribution in [0.15, 0.2) is 24.3 Å². The van der Waals surface area contributed by atoms with Gasteiger partial charge in [0.2, 0.25) is 0 Å². The predicted molar refractivity (Wildman–Crippen MR) is 69.4 cm³/mol. The molecule has 18 heavy (non-hydrogen) atoms. The maximum Gasteiger partial charge on any atom is 0.137 e. The van der Waals surface area contributed by atoms with Crippen molar-refractivity contribution >= 4 is 0 Å². The molecule has 2 aliphatic rings. The van der Waals surface area contributed by atoms with E-state index in [0.29, 0.717) is 17.9 Å². The number of hydrogen-bond acceptors (Lipinski definition) is 3. The lowest BCUT2D eigenvalue weighted by Gasteiger charge is -2.26. The van der Waals surface area contributed by atoms with E-state index in [2.05, 4.69) is 11.0 Å². The summed E-state index contributed by atoms with van der Waals surface area (Å²) in [5.41, 5.74) is 0.625. The third-order valence-corrected chi connectivity index (χ3v) is 4.17. The summed E-state index contributed by atoms with van der Waals surface area (Å²) in [5.74, 6) is 1.64. The highest BCUT2D eigenvalue weighted by Gasteiger charge is 2.37. The topological polar surface area (TPSA) is 36.3 Å². The number of nitriles is 1. The number of likely N-dealkylation sites (tertiary alicyclic amines) is 1. The third-order valence-electron chi connectivity index (χ3n) is 4.17. The van der Waals surface area contributed by atoms with Crippen molar-refractivity contribution in [2.24, 2.45) is 5.92 Å². The molecule has 0 N–H and O–H groups in total. The molecule has 0 amide bonds. The van der Waals surface area contributed by atoms with Gasteiger partial charge in [-0.1, -0.05) is 12.1 Å². The molecule has 2 bridgehead atoms. The van der Waals surface area contributed by atoms with Gasteiger partial charge in [0.25, 0.3) is 0 Å². The van der Waals surface area contributed by atoms with Crippen LogP contribution in [0.2, 0.25) is 0 Å². The van der Waals surface area contributed by atoms with Gasteiger partial charge in [-0.25, -0.2) is 0 Å². The largest absolute Gasteiger partial charge is 0.491 e. The zero-order valence-corrected chi connectivity index (χ0v) is 10.5. The Bertz CT molecular complexity index is 466. The molecule has 1 aliphatic heterocycles. The zero-order valence-electron chi connectivity index (χ0n) is 10.5. The monoisotopic (exact) mass is 242 g/mol. The highest BCUT2D eigenvalue weighted by atomic mass is 16.5. The Balaban J connectivity index is 1.51. The summed E-state index contributed by atoms with van der Waals surface area (Å²) >= 11 is 0. The normalized spacial score (nSPS) is 26.2. The lowest BCUT2D eigenvalue weighted by atomic mass is 10.1. The summed E-state index contributed by atoms with van der Waals surface area (Å²) in [6.45, 7) is 2.91. The molecule has 1 saturated heterocycles. The van der Waals surface area contributed by atoms with Crippen LogP contribution in [-0.4, -0.2) is 30.6 Å². The number of nitrogens with zero attached hydrogens (tertiary/aromatic N) is 2. The summed E-state index contributed by atoms with van der Waals surface area (Å²) in [6, 6.07) is 10.4. The quantitative estimate of drug-likeness (QED) is 0.813. The van der Waals surface area contributed by atoms with E-state index >= 15 is 0 Å². The minimum Gasteiger partial charge on any atom is -0.491 e. The lowest BCUT2D eigenvalue weighted by Crippen LogP contribution is -2.35. The van der Waals surface area contributed by atoms with E-state index in [4.69, 9.17) is 10.00 Å². The summed E-state index contributed by atoms with van der Waals surface area (Å²) in [6.07, 6.45) is 4.16. The molecule has 2 fully saturated rings. The van der Waals surface area contributed by atoms with Crippen molar-refractivity contribution in [3.8, 4) is 11.8 Å². The fourth-order valence-corrected chi connectivity index (χ4v) is 3.26. The average Bonchev–Trinajstić information content (AvgIpc) is 3.02. The molecule has 3 rings (SSSR count). The predicted octanol–water partition coefficient (Wildman–Crippen LogP) is 2.42. The minimum absolute atomic E-state index is 0.625. The zero-order chi connectivity index (χ0) is 12.4. The number of rotatable bonds is 4. The van der Waals surface area contributed by atoms with Gasteiger partial charge in [0.1, 0.15) is 18.4 Å². The van der Waals surface area contributed by atoms with Crippen molar-refractivity contribution < 1.29 is 4.74 Å². The van der Waals surface area contributed by atoms with Crippen LogP contribution in [0, 0.1) is 17.2 Å². The van der Waals surface area contributed by atoms with E-state index in [0.717, 1.165) is 18.5 Å². The highest BCUT2D eigenvalue weighted by Crippen LogP contribution is 2.36. The van der Waals surface area contributed by atoms with Gasteiger partial charge in [-0.05, 0) is 37.3 Å². The molecule has 3 heteroatoms. The Kier molecular flexibility index (Phi) is 3.21. The summed E-state index contributed by atoms with van der Waals surface area (Å²) in [5, 5.41) is 8.97. The van der Waals surface area contributed by atoms with Crippen LogP contribution in [0.1, 0.15) is 24.8 Å². The molecule has 1 saturated carbocycles. The van der Waals surface area contributed by atoms with E-state index < -0.39 is 0 Å². The van der Waals surface area contributed by atoms with Gasteiger partial charge < -0.3 is 4.74 Å². The van der Waals surface area contributed by atoms with Crippen LogP contribution in [0.4, 0.5) is 0 Å². The third kappa shape index (κ3) is 2.21. The summed E-state index contributed by atoms with van der Waals surface area (Å²) < 4.78 is 5.73. The van der Waals surface area contributed by atoms with Crippen LogP contribution in [0.3, 0.4) is 0 Å². The number of ether oxygens (including phenoxy) is 1. The maximum atomic E-state index is 8.97. The van der Waals surface area contributed by atoms with Gasteiger partial charge in [0.05, 0.1) is 5.56 Å². The fraction of sp³-hybridized carbons (Fsp3) is 0.533. The second kappa shape index (κ2) is 4.99. The smallest absolute Gasteiger partial charge is 0.137 e. The van der Waals surface area contributed by atoms with Crippen molar-refractivity contribution in [1.29, 1.82) is 5.26 Å². The Morgan fingerprint density at radius 3 is 2.94 bits per heavy atom. The summed E-state index contributed by atoms with van der Waals surface area (Å²) in [4.78, 5) is 2.54. The molecule has 3 nitrogen and oxygen atoms in total. The van der Waals surface area contributed by atoms with E-state index in [-0.39, 0.29) is 0 Å². The minimum atomic E-state index is 0.625. The molecular weight excluding hydrogens is 224 g/mol. The number of benzene rings is 1. The van der Waals surface area contributed by atoms with Crippen LogP contribution < -0.4 is 4.74 Å². The van der Waals surface area contributed by atoms with Gasteiger partial charge in [-0.2, -0.15) is 5.26 Å². The molecular formula is C15H18N2O. The van der Waals surface area contributed by atoms with Crippen molar-refractivity contribution in [2.45, 2.75) is 25.3 Å². The first kappa shape index (κ1) is 11.6. The fourth-order valence-electron chi connectivity index (χ4n) is 3.26. The number of hydrogen-bond donors (Lipinski definition) is 0. The molecule has 1 aromatic rings. The average molecular weight is 242 g/mol. The van der Waals surface area contributed by atoms with E-state index in [1.165, 1.54) is 25.8 Å². The van der Waals surface area contributed by atoms with Gasteiger partial charge in [0.15, 0.2) is 0 Å². The molecule has 1 aromatic carbocycles. The van der Waals surface area contributed by atoms with E-state index in [1.807, 2.05) is 18.2 Å². The Labute approximate surface area is 108 Å². The van der Waals surface area contributed by atoms with Gasteiger partial charge in [-0.3, -0.25) is 4.90 Å². The first-order valence-electron chi connectivity index (χ1n) is 6.73. The second-order valence-corrected chi connectivity index (χ2v) is 5.28. The van der Waals surface area contributed by atoms with E-state index in [9.17, 15) is 0 Å². The second-order valence-electron chi connectivity index (χ2n) is 5.28. The first-order valence-corrected chi connectivity index (χ1v) is 6.73. The maximum absolute atomic E-state index is 8.97.